The number of anilines is 1. The van der Waals surface area contributed by atoms with Crippen molar-refractivity contribution in [3.63, 3.8) is 0 Å². The van der Waals surface area contributed by atoms with Crippen molar-refractivity contribution in [2.75, 3.05) is 5.32 Å². The molecule has 2 nitrogen and oxygen atoms in total. The highest BCUT2D eigenvalue weighted by molar-refractivity contribution is 9.10. The van der Waals surface area contributed by atoms with Crippen molar-refractivity contribution in [3.8, 4) is 0 Å². The van der Waals surface area contributed by atoms with Crippen molar-refractivity contribution >= 4 is 39.1 Å². The first-order chi connectivity index (χ1) is 9.38. The lowest BCUT2D eigenvalue weighted by Crippen LogP contribution is -2.13. The molecule has 20 heavy (non-hydrogen) atoms. The lowest BCUT2D eigenvalue weighted by molar-refractivity contribution is 0.102. The molecular formula is C13H6BrClF3NO. The maximum absolute atomic E-state index is 13.0. The Balaban J connectivity index is 2.30. The minimum atomic E-state index is -1.59. The van der Waals surface area contributed by atoms with Gasteiger partial charge >= 0.3 is 0 Å². The molecule has 0 unspecified atom stereocenters. The molecule has 0 saturated heterocycles. The van der Waals surface area contributed by atoms with E-state index >= 15 is 0 Å². The van der Waals surface area contributed by atoms with Crippen molar-refractivity contribution in [1.82, 2.24) is 0 Å². The predicted molar refractivity (Wildman–Crippen MR) is 73.4 cm³/mol. The van der Waals surface area contributed by atoms with E-state index in [9.17, 15) is 18.0 Å². The van der Waals surface area contributed by atoms with Gasteiger partial charge in [-0.05, 0) is 18.2 Å². The van der Waals surface area contributed by atoms with Gasteiger partial charge in [0.1, 0.15) is 0 Å². The molecule has 0 fully saturated rings. The Kier molecular flexibility index (Phi) is 4.35. The van der Waals surface area contributed by atoms with Crippen LogP contribution >= 0.6 is 27.5 Å². The van der Waals surface area contributed by atoms with E-state index in [0.717, 1.165) is 0 Å². The Bertz CT molecular complexity index is 670. The van der Waals surface area contributed by atoms with Crippen LogP contribution in [0.5, 0.6) is 0 Å². The van der Waals surface area contributed by atoms with Crippen LogP contribution in [0.25, 0.3) is 0 Å². The fourth-order valence-corrected chi connectivity index (χ4v) is 2.06. The van der Waals surface area contributed by atoms with E-state index in [4.69, 9.17) is 11.6 Å². The summed E-state index contributed by atoms with van der Waals surface area (Å²) >= 11 is 9.03. The summed E-state index contributed by atoms with van der Waals surface area (Å²) in [6.45, 7) is 0. The number of carbonyl (C=O) groups excluding carboxylic acids is 1. The standard InChI is InChI=1S/C13H6BrClF3NO/c14-6-1-2-9(15)8(3-6)13(20)19-7-4-10(16)12(18)11(17)5-7/h1-5H,(H,19,20). The zero-order chi connectivity index (χ0) is 14.9. The van der Waals surface area contributed by atoms with E-state index in [-0.39, 0.29) is 16.3 Å². The summed E-state index contributed by atoms with van der Waals surface area (Å²) in [6, 6.07) is 5.95. The molecular weight excluding hydrogens is 358 g/mol. The Morgan fingerprint density at radius 1 is 1.10 bits per heavy atom. The van der Waals surface area contributed by atoms with Crippen molar-refractivity contribution < 1.29 is 18.0 Å². The van der Waals surface area contributed by atoms with E-state index in [1.54, 1.807) is 6.07 Å². The van der Waals surface area contributed by atoms with Gasteiger partial charge in [-0.2, -0.15) is 0 Å². The van der Waals surface area contributed by atoms with Gasteiger partial charge in [-0.1, -0.05) is 27.5 Å². The lowest BCUT2D eigenvalue weighted by Gasteiger charge is -2.08. The maximum Gasteiger partial charge on any atom is 0.257 e. The number of benzene rings is 2. The molecule has 0 aliphatic rings. The molecule has 0 bridgehead atoms. The SMILES string of the molecule is O=C(Nc1cc(F)c(F)c(F)c1)c1cc(Br)ccc1Cl. The molecule has 7 heteroatoms. The van der Waals surface area contributed by atoms with Crippen LogP contribution in [0, 0.1) is 17.5 Å². The topological polar surface area (TPSA) is 29.1 Å². The molecule has 1 amide bonds. The van der Waals surface area contributed by atoms with Gasteiger partial charge in [-0.3, -0.25) is 4.79 Å². The first kappa shape index (κ1) is 14.9. The molecule has 0 spiro atoms. The van der Waals surface area contributed by atoms with E-state index in [2.05, 4.69) is 21.2 Å². The summed E-state index contributed by atoms with van der Waals surface area (Å²) in [6.07, 6.45) is 0. The van der Waals surface area contributed by atoms with Gasteiger partial charge in [-0.15, -0.1) is 0 Å². The quantitative estimate of drug-likeness (QED) is 0.764. The number of rotatable bonds is 2. The van der Waals surface area contributed by atoms with Crippen molar-refractivity contribution in [2.24, 2.45) is 0 Å². The van der Waals surface area contributed by atoms with E-state index in [1.807, 2.05) is 0 Å². The number of carbonyl (C=O) groups is 1. The highest BCUT2D eigenvalue weighted by Gasteiger charge is 2.15. The van der Waals surface area contributed by atoms with Crippen molar-refractivity contribution in [1.29, 1.82) is 0 Å². The van der Waals surface area contributed by atoms with Gasteiger partial charge in [0, 0.05) is 22.3 Å². The van der Waals surface area contributed by atoms with Gasteiger partial charge in [-0.25, -0.2) is 13.2 Å². The van der Waals surface area contributed by atoms with Gasteiger partial charge in [0.2, 0.25) is 0 Å². The minimum absolute atomic E-state index is 0.117. The Morgan fingerprint density at radius 2 is 1.70 bits per heavy atom. The van der Waals surface area contributed by atoms with Crippen LogP contribution in [0.4, 0.5) is 18.9 Å². The zero-order valence-electron chi connectivity index (χ0n) is 9.68. The average Bonchev–Trinajstić information content (AvgIpc) is 2.38. The molecule has 0 atom stereocenters. The number of amides is 1. The smallest absolute Gasteiger partial charge is 0.257 e. The molecule has 1 N–H and O–H groups in total. The normalized spacial score (nSPS) is 10.4. The molecule has 2 rings (SSSR count). The highest BCUT2D eigenvalue weighted by Crippen LogP contribution is 2.23. The van der Waals surface area contributed by atoms with Crippen LogP contribution in [0.15, 0.2) is 34.8 Å². The third-order valence-corrected chi connectivity index (χ3v) is 3.24. The van der Waals surface area contributed by atoms with Crippen LogP contribution in [-0.4, -0.2) is 5.91 Å². The monoisotopic (exact) mass is 363 g/mol. The predicted octanol–water partition coefficient (Wildman–Crippen LogP) is 4.77. The summed E-state index contributed by atoms with van der Waals surface area (Å²) in [5, 5.41) is 2.42. The van der Waals surface area contributed by atoms with Crippen LogP contribution < -0.4 is 5.32 Å². The molecule has 104 valence electrons. The Hall–Kier alpha value is -1.53. The Morgan fingerprint density at radius 3 is 2.30 bits per heavy atom. The van der Waals surface area contributed by atoms with Crippen LogP contribution in [0.2, 0.25) is 5.02 Å². The fraction of sp³-hybridized carbons (Fsp3) is 0. The van der Waals surface area contributed by atoms with Gasteiger partial charge < -0.3 is 5.32 Å². The zero-order valence-corrected chi connectivity index (χ0v) is 12.0. The number of halogens is 5. The largest absolute Gasteiger partial charge is 0.322 e. The van der Waals surface area contributed by atoms with Crippen LogP contribution in [0.3, 0.4) is 0 Å². The van der Waals surface area contributed by atoms with Gasteiger partial charge in [0.25, 0.3) is 5.91 Å². The van der Waals surface area contributed by atoms with Crippen molar-refractivity contribution in [2.45, 2.75) is 0 Å². The fourth-order valence-electron chi connectivity index (χ4n) is 1.50. The van der Waals surface area contributed by atoms with Gasteiger partial charge in [0.05, 0.1) is 10.6 Å². The van der Waals surface area contributed by atoms with E-state index in [1.165, 1.54) is 12.1 Å². The van der Waals surface area contributed by atoms with Crippen LogP contribution in [0.1, 0.15) is 10.4 Å². The average molecular weight is 365 g/mol. The molecule has 0 aliphatic carbocycles. The summed E-state index contributed by atoms with van der Waals surface area (Å²) in [7, 11) is 0. The molecule has 2 aromatic carbocycles. The number of nitrogens with one attached hydrogen (secondary N) is 1. The highest BCUT2D eigenvalue weighted by atomic mass is 79.9. The number of hydrogen-bond acceptors (Lipinski definition) is 1. The third-order valence-electron chi connectivity index (χ3n) is 2.41. The molecule has 2 aromatic rings. The molecule has 0 heterocycles. The first-order valence-electron chi connectivity index (χ1n) is 5.29. The third kappa shape index (κ3) is 3.13. The second-order valence-corrected chi connectivity index (χ2v) is 5.16. The summed E-state index contributed by atoms with van der Waals surface area (Å²) in [5.74, 6) is -5.04. The summed E-state index contributed by atoms with van der Waals surface area (Å²) in [5.41, 5.74) is -0.0892. The summed E-state index contributed by atoms with van der Waals surface area (Å²) in [4.78, 5) is 11.9. The molecule has 0 radical (unpaired) electrons. The lowest BCUT2D eigenvalue weighted by atomic mass is 10.2. The second kappa shape index (κ2) is 5.85. The molecule has 0 aliphatic heterocycles. The van der Waals surface area contributed by atoms with Crippen LogP contribution in [-0.2, 0) is 0 Å². The van der Waals surface area contributed by atoms with Crippen molar-refractivity contribution in [3.05, 3.63) is 62.8 Å². The number of hydrogen-bond donors (Lipinski definition) is 1. The van der Waals surface area contributed by atoms with E-state index < -0.39 is 23.4 Å². The van der Waals surface area contributed by atoms with E-state index in [0.29, 0.717) is 16.6 Å². The molecule has 0 saturated carbocycles. The maximum atomic E-state index is 13.0. The summed E-state index contributed by atoms with van der Waals surface area (Å²) < 4.78 is 39.5. The Labute approximate surface area is 125 Å². The first-order valence-corrected chi connectivity index (χ1v) is 6.46. The van der Waals surface area contributed by atoms with Gasteiger partial charge in [0.15, 0.2) is 17.5 Å². The second-order valence-electron chi connectivity index (χ2n) is 3.83. The molecule has 0 aromatic heterocycles. The minimum Gasteiger partial charge on any atom is -0.322 e.